The number of halogens is 2. The Balaban J connectivity index is 1.81. The number of nitrogens with one attached hydrogen (secondary N) is 1. The van der Waals surface area contributed by atoms with E-state index in [1.807, 2.05) is 6.07 Å². The minimum Gasteiger partial charge on any atom is -0.452 e. The molecule has 3 N–H and O–H groups in total. The van der Waals surface area contributed by atoms with E-state index in [1.165, 1.54) is 13.2 Å². The van der Waals surface area contributed by atoms with Crippen molar-refractivity contribution in [3.8, 4) is 0 Å². The number of amides is 1. The number of ether oxygens (including phenoxy) is 2. The summed E-state index contributed by atoms with van der Waals surface area (Å²) in [5.74, 6) is -1.76. The molecule has 0 atom stereocenters. The molecular weight excluding hydrogens is 523 g/mol. The lowest BCUT2D eigenvalue weighted by atomic mass is 10.2. The van der Waals surface area contributed by atoms with Gasteiger partial charge in [-0.1, -0.05) is 59.6 Å². The third-order valence-electron chi connectivity index (χ3n) is 5.18. The molecule has 0 aliphatic heterocycles. The SMILES string of the molecule is COCCN(C(=O)COC(=O)/C=C/c1ccc(Cl)c(Cl)c1)c1c(N)n(Cc2ccccc2)c(=O)[nH]c1=O. The van der Waals surface area contributed by atoms with Crippen LogP contribution in [0.3, 0.4) is 0 Å². The molecule has 10 nitrogen and oxygen atoms in total. The first-order chi connectivity index (χ1) is 17.7. The molecule has 2 aromatic carbocycles. The van der Waals surface area contributed by atoms with Crippen molar-refractivity contribution in [2.75, 3.05) is 37.5 Å². The number of H-pyrrole nitrogens is 1. The van der Waals surface area contributed by atoms with E-state index in [1.54, 1.807) is 42.5 Å². The first kappa shape index (κ1) is 27.7. The van der Waals surface area contributed by atoms with Crippen LogP contribution in [0.2, 0.25) is 10.0 Å². The first-order valence-electron chi connectivity index (χ1n) is 11.0. The normalized spacial score (nSPS) is 11.0. The van der Waals surface area contributed by atoms with Crippen LogP contribution in [0.25, 0.3) is 6.08 Å². The van der Waals surface area contributed by atoms with Gasteiger partial charge in [0.15, 0.2) is 12.3 Å². The van der Waals surface area contributed by atoms with Gasteiger partial charge in [-0.3, -0.25) is 24.0 Å². The van der Waals surface area contributed by atoms with Crippen LogP contribution in [-0.4, -0.2) is 48.3 Å². The molecule has 0 fully saturated rings. The van der Waals surface area contributed by atoms with E-state index in [-0.39, 0.29) is 31.2 Å². The summed E-state index contributed by atoms with van der Waals surface area (Å²) in [7, 11) is 1.42. The number of rotatable bonds is 10. The van der Waals surface area contributed by atoms with Crippen molar-refractivity contribution in [1.82, 2.24) is 9.55 Å². The van der Waals surface area contributed by atoms with Crippen LogP contribution in [0, 0.1) is 0 Å². The maximum atomic E-state index is 13.0. The van der Waals surface area contributed by atoms with Crippen molar-refractivity contribution in [3.63, 3.8) is 0 Å². The number of methoxy groups -OCH3 is 1. The Morgan fingerprint density at radius 1 is 1.11 bits per heavy atom. The standard InChI is InChI=1S/C25H24Cl2N4O6/c1-36-12-11-30(20(32)15-37-21(33)10-8-16-7-9-18(26)19(27)13-16)22-23(28)31(25(35)29-24(22)34)14-17-5-3-2-4-6-17/h2-10,13H,11-12,14-15,28H2,1H3,(H,29,34,35)/b10-8+. The van der Waals surface area contributed by atoms with Crippen LogP contribution >= 0.6 is 23.2 Å². The molecule has 0 spiro atoms. The number of nitrogen functional groups attached to an aromatic ring is 1. The van der Waals surface area contributed by atoms with Crippen LogP contribution < -0.4 is 21.9 Å². The van der Waals surface area contributed by atoms with Crippen molar-refractivity contribution in [2.45, 2.75) is 6.54 Å². The summed E-state index contributed by atoms with van der Waals surface area (Å²) in [4.78, 5) is 53.6. The van der Waals surface area contributed by atoms with Gasteiger partial charge in [-0.15, -0.1) is 0 Å². The lowest BCUT2D eigenvalue weighted by Crippen LogP contribution is -2.44. The Kier molecular flexibility index (Phi) is 9.67. The molecule has 0 radical (unpaired) electrons. The molecule has 0 aliphatic rings. The van der Waals surface area contributed by atoms with Gasteiger partial charge in [-0.25, -0.2) is 9.59 Å². The predicted octanol–water partition coefficient (Wildman–Crippen LogP) is 2.71. The van der Waals surface area contributed by atoms with Gasteiger partial charge in [0.05, 0.1) is 23.2 Å². The van der Waals surface area contributed by atoms with Gasteiger partial charge in [-0.05, 0) is 29.3 Å². The number of carbonyl (C=O) groups is 2. The average molecular weight is 547 g/mol. The molecule has 0 saturated carbocycles. The summed E-state index contributed by atoms with van der Waals surface area (Å²) in [6, 6.07) is 13.8. The molecule has 12 heteroatoms. The number of nitrogens with two attached hydrogens (primary N) is 1. The van der Waals surface area contributed by atoms with E-state index >= 15 is 0 Å². The number of anilines is 2. The number of nitrogens with zero attached hydrogens (tertiary/aromatic N) is 2. The Morgan fingerprint density at radius 3 is 2.51 bits per heavy atom. The Bertz CT molecular complexity index is 1420. The van der Waals surface area contributed by atoms with Crippen molar-refractivity contribution in [1.29, 1.82) is 0 Å². The molecule has 0 unspecified atom stereocenters. The molecule has 0 bridgehead atoms. The monoisotopic (exact) mass is 546 g/mol. The molecule has 194 valence electrons. The number of benzene rings is 2. The summed E-state index contributed by atoms with van der Waals surface area (Å²) < 4.78 is 11.2. The fourth-order valence-electron chi connectivity index (χ4n) is 3.34. The number of esters is 1. The molecule has 0 aliphatic carbocycles. The molecule has 37 heavy (non-hydrogen) atoms. The third-order valence-corrected chi connectivity index (χ3v) is 5.92. The Hall–Kier alpha value is -3.86. The van der Waals surface area contributed by atoms with E-state index in [0.29, 0.717) is 15.6 Å². The van der Waals surface area contributed by atoms with E-state index < -0.39 is 29.7 Å². The largest absolute Gasteiger partial charge is 0.452 e. The van der Waals surface area contributed by atoms with E-state index in [0.717, 1.165) is 21.1 Å². The predicted molar refractivity (Wildman–Crippen MR) is 142 cm³/mol. The topological polar surface area (TPSA) is 137 Å². The summed E-state index contributed by atoms with van der Waals surface area (Å²) in [6.07, 6.45) is 2.56. The highest BCUT2D eigenvalue weighted by molar-refractivity contribution is 6.42. The molecule has 3 aromatic rings. The third kappa shape index (κ3) is 7.32. The minimum absolute atomic E-state index is 0.0492. The highest BCUT2D eigenvalue weighted by atomic mass is 35.5. The second-order valence-electron chi connectivity index (χ2n) is 7.72. The molecule has 3 rings (SSSR count). The zero-order valence-electron chi connectivity index (χ0n) is 19.8. The van der Waals surface area contributed by atoms with E-state index in [2.05, 4.69) is 4.98 Å². The van der Waals surface area contributed by atoms with Crippen molar-refractivity contribution < 1.29 is 19.1 Å². The quantitative estimate of drug-likeness (QED) is 0.294. The molecule has 1 aromatic heterocycles. The van der Waals surface area contributed by atoms with Crippen molar-refractivity contribution in [3.05, 3.63) is 96.6 Å². The van der Waals surface area contributed by atoms with Crippen molar-refractivity contribution in [2.24, 2.45) is 0 Å². The maximum absolute atomic E-state index is 13.0. The molecule has 1 heterocycles. The fraction of sp³-hybridized carbons (Fsp3) is 0.200. The number of carbonyl (C=O) groups excluding carboxylic acids is 2. The maximum Gasteiger partial charge on any atom is 0.331 e. The van der Waals surface area contributed by atoms with Gasteiger partial charge < -0.3 is 15.2 Å². The lowest BCUT2D eigenvalue weighted by Gasteiger charge is -2.24. The minimum atomic E-state index is -0.859. The first-order valence-corrected chi connectivity index (χ1v) is 11.7. The number of aromatic amines is 1. The fourth-order valence-corrected chi connectivity index (χ4v) is 3.65. The van der Waals surface area contributed by atoms with Crippen LogP contribution in [0.5, 0.6) is 0 Å². The van der Waals surface area contributed by atoms with Crippen LogP contribution in [-0.2, 0) is 25.6 Å². The van der Waals surface area contributed by atoms with Gasteiger partial charge >= 0.3 is 11.7 Å². The zero-order chi connectivity index (χ0) is 26.9. The second kappa shape index (κ2) is 12.9. The van der Waals surface area contributed by atoms with Gasteiger partial charge in [0.2, 0.25) is 0 Å². The smallest absolute Gasteiger partial charge is 0.331 e. The Morgan fingerprint density at radius 2 is 1.84 bits per heavy atom. The average Bonchev–Trinajstić information content (AvgIpc) is 2.88. The summed E-state index contributed by atoms with van der Waals surface area (Å²) in [5, 5.41) is 0.685. The highest BCUT2D eigenvalue weighted by Crippen LogP contribution is 2.23. The van der Waals surface area contributed by atoms with Crippen LogP contribution in [0.15, 0.2) is 64.2 Å². The molecular formula is C25H24Cl2N4O6. The number of aromatic nitrogens is 2. The summed E-state index contributed by atoms with van der Waals surface area (Å²) >= 11 is 11.8. The summed E-state index contributed by atoms with van der Waals surface area (Å²) in [6.45, 7) is -0.655. The van der Waals surface area contributed by atoms with Gasteiger partial charge in [0.25, 0.3) is 11.5 Å². The van der Waals surface area contributed by atoms with Crippen molar-refractivity contribution >= 4 is 52.7 Å². The van der Waals surface area contributed by atoms with Crippen LogP contribution in [0.1, 0.15) is 11.1 Å². The van der Waals surface area contributed by atoms with Gasteiger partial charge in [0.1, 0.15) is 5.82 Å². The lowest BCUT2D eigenvalue weighted by molar-refractivity contribution is -0.142. The van der Waals surface area contributed by atoms with E-state index in [9.17, 15) is 19.2 Å². The molecule has 0 saturated heterocycles. The highest BCUT2D eigenvalue weighted by Gasteiger charge is 2.25. The second-order valence-corrected chi connectivity index (χ2v) is 8.53. The van der Waals surface area contributed by atoms with Gasteiger partial charge in [-0.2, -0.15) is 0 Å². The van der Waals surface area contributed by atoms with Crippen LogP contribution in [0.4, 0.5) is 11.5 Å². The van der Waals surface area contributed by atoms with E-state index in [4.69, 9.17) is 38.4 Å². The Labute approximate surface area is 221 Å². The summed E-state index contributed by atoms with van der Waals surface area (Å²) in [5.41, 5.74) is 5.72. The number of hydrogen-bond donors (Lipinski definition) is 2. The number of hydrogen-bond acceptors (Lipinski definition) is 7. The zero-order valence-corrected chi connectivity index (χ0v) is 21.3. The van der Waals surface area contributed by atoms with Gasteiger partial charge in [0, 0.05) is 19.7 Å². The molecule has 1 amide bonds.